The standard InChI is InChI=1S/C38H52S/c1-2-3-4-5-6-7-8-9-10-11-12-13-14-15-16-17-18-19-24-32-29-30-33(39-32)31-38-36-27-22-20-25-34(36)35-26-21-23-28-37(35)38/h20-23,25-31H,2-19,24H2,1H3. The van der Waals surface area contributed by atoms with Crippen LogP contribution in [0, 0.1) is 0 Å². The first-order valence-corrected chi connectivity index (χ1v) is 17.2. The van der Waals surface area contributed by atoms with Gasteiger partial charge in [-0.3, -0.25) is 0 Å². The third kappa shape index (κ3) is 9.78. The van der Waals surface area contributed by atoms with E-state index in [9.17, 15) is 0 Å². The number of thiophene rings is 1. The molecule has 0 fully saturated rings. The van der Waals surface area contributed by atoms with Crippen LogP contribution in [0.4, 0.5) is 0 Å². The number of unbranched alkanes of at least 4 members (excludes halogenated alkanes) is 17. The van der Waals surface area contributed by atoms with E-state index in [1.165, 1.54) is 160 Å². The Labute approximate surface area is 244 Å². The van der Waals surface area contributed by atoms with E-state index in [4.69, 9.17) is 0 Å². The van der Waals surface area contributed by atoms with E-state index in [-0.39, 0.29) is 0 Å². The second kappa shape index (κ2) is 17.5. The van der Waals surface area contributed by atoms with Gasteiger partial charge in [-0.2, -0.15) is 0 Å². The highest BCUT2D eigenvalue weighted by Gasteiger charge is 2.22. The molecule has 0 atom stereocenters. The fourth-order valence-corrected chi connectivity index (χ4v) is 7.15. The van der Waals surface area contributed by atoms with Crippen molar-refractivity contribution in [2.24, 2.45) is 0 Å². The molecule has 0 spiro atoms. The molecule has 1 heterocycles. The van der Waals surface area contributed by atoms with Gasteiger partial charge in [0.25, 0.3) is 0 Å². The molecule has 39 heavy (non-hydrogen) atoms. The maximum absolute atomic E-state index is 2.41. The second-order valence-corrected chi connectivity index (χ2v) is 12.9. The highest BCUT2D eigenvalue weighted by Crippen LogP contribution is 2.45. The summed E-state index contributed by atoms with van der Waals surface area (Å²) in [5.74, 6) is 0. The van der Waals surface area contributed by atoms with Crippen molar-refractivity contribution in [2.45, 2.75) is 129 Å². The molecule has 1 aromatic heterocycles. The number of fused-ring (bicyclic) bond motifs is 3. The summed E-state index contributed by atoms with van der Waals surface area (Å²) in [4.78, 5) is 2.92. The molecule has 210 valence electrons. The quantitative estimate of drug-likeness (QED) is 0.0978. The van der Waals surface area contributed by atoms with Gasteiger partial charge in [-0.1, -0.05) is 165 Å². The van der Waals surface area contributed by atoms with Crippen LogP contribution >= 0.6 is 11.3 Å². The van der Waals surface area contributed by atoms with Gasteiger partial charge in [0.2, 0.25) is 0 Å². The highest BCUT2D eigenvalue weighted by atomic mass is 32.1. The van der Waals surface area contributed by atoms with Crippen molar-refractivity contribution in [2.75, 3.05) is 0 Å². The number of hydrogen-bond acceptors (Lipinski definition) is 1. The minimum Gasteiger partial charge on any atom is -0.141 e. The van der Waals surface area contributed by atoms with Crippen LogP contribution < -0.4 is 0 Å². The average Bonchev–Trinajstić information content (AvgIpc) is 3.55. The molecular weight excluding hydrogens is 488 g/mol. The van der Waals surface area contributed by atoms with Crippen LogP contribution in [0.3, 0.4) is 0 Å². The zero-order chi connectivity index (χ0) is 27.0. The van der Waals surface area contributed by atoms with E-state index < -0.39 is 0 Å². The van der Waals surface area contributed by atoms with Gasteiger partial charge in [-0.25, -0.2) is 0 Å². The third-order valence-electron chi connectivity index (χ3n) is 8.47. The number of hydrogen-bond donors (Lipinski definition) is 0. The summed E-state index contributed by atoms with van der Waals surface area (Å²) >= 11 is 1.98. The fraction of sp³-hybridized carbons (Fsp3) is 0.526. The third-order valence-corrected chi connectivity index (χ3v) is 9.56. The van der Waals surface area contributed by atoms with Gasteiger partial charge in [0.1, 0.15) is 0 Å². The molecule has 0 unspecified atom stereocenters. The minimum atomic E-state index is 1.24. The van der Waals surface area contributed by atoms with Gasteiger partial charge in [0.05, 0.1) is 0 Å². The van der Waals surface area contributed by atoms with Crippen LogP contribution in [0.25, 0.3) is 22.8 Å². The smallest absolute Gasteiger partial charge is 0.0279 e. The molecule has 2 aromatic carbocycles. The second-order valence-electron chi connectivity index (χ2n) is 11.7. The summed E-state index contributed by atoms with van der Waals surface area (Å²) in [6.07, 6.45) is 29.6. The van der Waals surface area contributed by atoms with E-state index in [0.717, 1.165) is 0 Å². The summed E-state index contributed by atoms with van der Waals surface area (Å²) in [6, 6.07) is 22.4. The first-order chi connectivity index (χ1) is 19.4. The largest absolute Gasteiger partial charge is 0.141 e. The van der Waals surface area contributed by atoms with Gasteiger partial charge >= 0.3 is 0 Å². The molecule has 1 aliphatic carbocycles. The van der Waals surface area contributed by atoms with Crippen LogP contribution in [0.5, 0.6) is 0 Å². The van der Waals surface area contributed by atoms with E-state index >= 15 is 0 Å². The zero-order valence-corrected chi connectivity index (χ0v) is 25.5. The van der Waals surface area contributed by atoms with E-state index in [1.807, 2.05) is 11.3 Å². The molecule has 0 amide bonds. The number of benzene rings is 2. The van der Waals surface area contributed by atoms with Crippen molar-refractivity contribution >= 4 is 23.0 Å². The van der Waals surface area contributed by atoms with Gasteiger partial charge < -0.3 is 0 Å². The minimum absolute atomic E-state index is 1.24. The topological polar surface area (TPSA) is 0 Å². The Kier molecular flexibility index (Phi) is 13.4. The lowest BCUT2D eigenvalue weighted by atomic mass is 10.0. The summed E-state index contributed by atoms with van der Waals surface area (Å²) in [5, 5.41) is 0. The summed E-state index contributed by atoms with van der Waals surface area (Å²) < 4.78 is 0. The van der Waals surface area contributed by atoms with Crippen LogP contribution in [-0.2, 0) is 6.42 Å². The summed E-state index contributed by atoms with van der Waals surface area (Å²) in [7, 11) is 0. The van der Waals surface area contributed by atoms with Gasteiger partial charge in [-0.15, -0.1) is 11.3 Å². The molecular formula is C38H52S. The Hall–Kier alpha value is -2.12. The lowest BCUT2D eigenvalue weighted by molar-refractivity contribution is 0.525. The molecule has 0 aliphatic heterocycles. The number of aryl methyl sites for hydroxylation is 1. The van der Waals surface area contributed by atoms with Crippen molar-refractivity contribution < 1.29 is 0 Å². The maximum atomic E-state index is 2.41. The van der Waals surface area contributed by atoms with E-state index in [1.54, 1.807) is 0 Å². The molecule has 0 saturated carbocycles. The number of rotatable bonds is 20. The summed E-state index contributed by atoms with van der Waals surface area (Å²) in [6.45, 7) is 2.30. The van der Waals surface area contributed by atoms with Gasteiger partial charge in [-0.05, 0) is 58.9 Å². The molecule has 0 nitrogen and oxygen atoms in total. The van der Waals surface area contributed by atoms with Crippen molar-refractivity contribution in [3.63, 3.8) is 0 Å². The molecule has 0 radical (unpaired) electrons. The highest BCUT2D eigenvalue weighted by molar-refractivity contribution is 7.12. The Bertz CT molecular complexity index is 1070. The Balaban J connectivity index is 1.03. The normalized spacial score (nSPS) is 12.1. The maximum Gasteiger partial charge on any atom is 0.0279 e. The van der Waals surface area contributed by atoms with Crippen molar-refractivity contribution in [1.29, 1.82) is 0 Å². The van der Waals surface area contributed by atoms with Crippen LogP contribution in [0.15, 0.2) is 60.7 Å². The molecule has 3 aromatic rings. The molecule has 0 saturated heterocycles. The monoisotopic (exact) mass is 540 g/mol. The molecule has 1 aliphatic rings. The van der Waals surface area contributed by atoms with Crippen molar-refractivity contribution in [3.8, 4) is 11.1 Å². The first-order valence-electron chi connectivity index (χ1n) is 16.4. The average molecular weight is 541 g/mol. The lowest BCUT2D eigenvalue weighted by Crippen LogP contribution is -1.85. The first kappa shape index (κ1) is 29.9. The Morgan fingerprint density at radius 3 is 1.33 bits per heavy atom. The van der Waals surface area contributed by atoms with Crippen LogP contribution in [-0.4, -0.2) is 0 Å². The van der Waals surface area contributed by atoms with E-state index in [2.05, 4.69) is 73.7 Å². The zero-order valence-electron chi connectivity index (χ0n) is 24.7. The predicted octanol–water partition coefficient (Wildman–Crippen LogP) is 12.9. The van der Waals surface area contributed by atoms with Gasteiger partial charge in [0, 0.05) is 9.75 Å². The van der Waals surface area contributed by atoms with Crippen LogP contribution in [0.2, 0.25) is 0 Å². The Morgan fingerprint density at radius 1 is 0.462 bits per heavy atom. The molecule has 0 N–H and O–H groups in total. The molecule has 0 bridgehead atoms. The fourth-order valence-electron chi connectivity index (χ4n) is 6.16. The SMILES string of the molecule is CCCCCCCCCCCCCCCCCCCCc1ccc(C=C2c3ccccc3-c3ccccc32)s1. The predicted molar refractivity (Wildman–Crippen MR) is 176 cm³/mol. The summed E-state index contributed by atoms with van der Waals surface area (Å²) in [5.41, 5.74) is 6.86. The van der Waals surface area contributed by atoms with Crippen molar-refractivity contribution in [1.82, 2.24) is 0 Å². The van der Waals surface area contributed by atoms with Crippen LogP contribution in [0.1, 0.15) is 143 Å². The van der Waals surface area contributed by atoms with Gasteiger partial charge in [0.15, 0.2) is 0 Å². The van der Waals surface area contributed by atoms with Crippen molar-refractivity contribution in [3.05, 3.63) is 81.5 Å². The molecule has 1 heteroatoms. The lowest BCUT2D eigenvalue weighted by Gasteiger charge is -2.04. The molecule has 4 rings (SSSR count). The van der Waals surface area contributed by atoms with E-state index in [0.29, 0.717) is 0 Å². The Morgan fingerprint density at radius 2 is 0.872 bits per heavy atom.